The molecule has 1 rings (SSSR count). The lowest BCUT2D eigenvalue weighted by atomic mass is 10.2. The maximum Gasteiger partial charge on any atom is 0.250 e. The van der Waals surface area contributed by atoms with Crippen molar-refractivity contribution in [2.45, 2.75) is 0 Å². The second-order valence-corrected chi connectivity index (χ2v) is 2.49. The molecule has 0 saturated heterocycles. The van der Waals surface area contributed by atoms with E-state index in [-0.39, 0.29) is 11.3 Å². The van der Waals surface area contributed by atoms with Crippen LogP contribution in [0.2, 0.25) is 5.02 Å². The molecule has 0 aliphatic heterocycles. The number of benzene rings is 1. The minimum Gasteiger partial charge on any atom is -0.366 e. The Kier molecular flexibility index (Phi) is 2.01. The molecule has 3 nitrogen and oxygen atoms in total. The Labute approximate surface area is 68.9 Å². The van der Waals surface area contributed by atoms with E-state index in [0.29, 0.717) is 5.02 Å². The zero-order valence-electron chi connectivity index (χ0n) is 5.60. The molecule has 0 heterocycles. The van der Waals surface area contributed by atoms with Crippen molar-refractivity contribution in [1.29, 1.82) is 0 Å². The summed E-state index contributed by atoms with van der Waals surface area (Å²) in [5.41, 5.74) is 12.5. The number of amides is 1. The predicted octanol–water partition coefficient (Wildman–Crippen LogP) is 1.35. The van der Waals surface area contributed by atoms with Crippen LogP contribution in [0.3, 0.4) is 0 Å². The Bertz CT molecular complexity index is 298. The molecule has 0 aliphatic rings. The van der Waals surface area contributed by atoms with Crippen LogP contribution in [0.4, 0.5) is 5.69 Å². The fraction of sp³-hybridized carbons (Fsp3) is 0. The number of halogens is 1. The lowest BCUT2D eigenvalue weighted by molar-refractivity contribution is 0.100. The van der Waals surface area contributed by atoms with E-state index in [1.54, 1.807) is 0 Å². The highest BCUT2D eigenvalue weighted by molar-refractivity contribution is 6.31. The van der Waals surface area contributed by atoms with Gasteiger partial charge >= 0.3 is 0 Å². The Morgan fingerprint density at radius 1 is 1.55 bits per heavy atom. The SMILES string of the molecule is [NH]c1cc(Cl)ccc1C(N)=O. The minimum absolute atomic E-state index is 0.0602. The molecule has 0 unspecified atom stereocenters. The van der Waals surface area contributed by atoms with Crippen molar-refractivity contribution in [2.75, 3.05) is 0 Å². The largest absolute Gasteiger partial charge is 0.366 e. The van der Waals surface area contributed by atoms with Crippen LogP contribution in [0.1, 0.15) is 10.4 Å². The first-order valence-corrected chi connectivity index (χ1v) is 3.30. The van der Waals surface area contributed by atoms with E-state index in [4.69, 9.17) is 23.1 Å². The van der Waals surface area contributed by atoms with Gasteiger partial charge in [-0.05, 0) is 18.2 Å². The van der Waals surface area contributed by atoms with Crippen LogP contribution in [0.5, 0.6) is 0 Å². The van der Waals surface area contributed by atoms with Gasteiger partial charge in [0.05, 0.1) is 11.3 Å². The summed E-state index contributed by atoms with van der Waals surface area (Å²) in [6.45, 7) is 0. The minimum atomic E-state index is -0.605. The fourth-order valence-electron chi connectivity index (χ4n) is 0.731. The summed E-state index contributed by atoms with van der Waals surface area (Å²) in [6, 6.07) is 4.34. The van der Waals surface area contributed by atoms with E-state index in [1.165, 1.54) is 18.2 Å². The van der Waals surface area contributed by atoms with Crippen molar-refractivity contribution in [1.82, 2.24) is 5.73 Å². The number of primary amides is 1. The van der Waals surface area contributed by atoms with E-state index >= 15 is 0 Å². The molecule has 57 valence electrons. The Hall–Kier alpha value is -1.22. The van der Waals surface area contributed by atoms with Crippen LogP contribution in [0.15, 0.2) is 18.2 Å². The number of nitrogens with two attached hydrogens (primary N) is 1. The molecule has 0 aromatic heterocycles. The number of rotatable bonds is 1. The second-order valence-electron chi connectivity index (χ2n) is 2.05. The van der Waals surface area contributed by atoms with Crippen LogP contribution in [-0.4, -0.2) is 5.91 Å². The fourth-order valence-corrected chi connectivity index (χ4v) is 0.903. The summed E-state index contributed by atoms with van der Waals surface area (Å²) >= 11 is 5.55. The van der Waals surface area contributed by atoms with Gasteiger partial charge in [-0.3, -0.25) is 4.79 Å². The van der Waals surface area contributed by atoms with Gasteiger partial charge in [0.2, 0.25) is 0 Å². The highest BCUT2D eigenvalue weighted by Gasteiger charge is 2.04. The van der Waals surface area contributed by atoms with Gasteiger partial charge in [0, 0.05) is 5.02 Å². The number of nitrogens with one attached hydrogen (secondary N) is 1. The number of carbonyl (C=O) groups excluding carboxylic acids is 1. The van der Waals surface area contributed by atoms with E-state index in [9.17, 15) is 4.79 Å². The van der Waals surface area contributed by atoms with Crippen LogP contribution in [0.25, 0.3) is 0 Å². The highest BCUT2D eigenvalue weighted by atomic mass is 35.5. The third kappa shape index (κ3) is 1.62. The van der Waals surface area contributed by atoms with Crippen LogP contribution in [0, 0.1) is 0 Å². The molecule has 1 radical (unpaired) electrons. The smallest absolute Gasteiger partial charge is 0.250 e. The molecule has 0 fully saturated rings. The van der Waals surface area contributed by atoms with Gasteiger partial charge in [0.1, 0.15) is 0 Å². The van der Waals surface area contributed by atoms with Crippen molar-refractivity contribution in [3.8, 4) is 0 Å². The van der Waals surface area contributed by atoms with Crippen molar-refractivity contribution in [3.63, 3.8) is 0 Å². The molecule has 0 aliphatic carbocycles. The maximum absolute atomic E-state index is 10.6. The van der Waals surface area contributed by atoms with Crippen LogP contribution >= 0.6 is 11.6 Å². The van der Waals surface area contributed by atoms with E-state index in [2.05, 4.69) is 0 Å². The summed E-state index contributed by atoms with van der Waals surface area (Å²) in [7, 11) is 0. The molecule has 4 heteroatoms. The van der Waals surface area contributed by atoms with E-state index in [1.807, 2.05) is 0 Å². The first kappa shape index (κ1) is 7.88. The molecule has 0 atom stereocenters. The Balaban J connectivity index is 3.20. The Morgan fingerprint density at radius 3 is 2.64 bits per heavy atom. The molecule has 0 bridgehead atoms. The lowest BCUT2D eigenvalue weighted by Gasteiger charge is -1.98. The Morgan fingerprint density at radius 2 is 2.18 bits per heavy atom. The number of carbonyl (C=O) groups is 1. The van der Waals surface area contributed by atoms with Crippen LogP contribution < -0.4 is 11.5 Å². The third-order valence-corrected chi connectivity index (χ3v) is 1.48. The summed E-state index contributed by atoms with van der Waals surface area (Å²) in [5, 5.41) is 0.431. The van der Waals surface area contributed by atoms with Crippen molar-refractivity contribution >= 4 is 23.2 Å². The summed E-state index contributed by atoms with van der Waals surface area (Å²) in [5.74, 6) is -0.605. The summed E-state index contributed by atoms with van der Waals surface area (Å²) in [6.07, 6.45) is 0. The van der Waals surface area contributed by atoms with E-state index in [0.717, 1.165) is 0 Å². The zero-order chi connectivity index (χ0) is 8.43. The average molecular weight is 170 g/mol. The van der Waals surface area contributed by atoms with Gasteiger partial charge < -0.3 is 11.5 Å². The highest BCUT2D eigenvalue weighted by Crippen LogP contribution is 2.18. The molecular formula is C7H6ClN2O. The molecule has 1 aromatic carbocycles. The topological polar surface area (TPSA) is 66.9 Å². The van der Waals surface area contributed by atoms with Crippen LogP contribution in [-0.2, 0) is 0 Å². The quantitative estimate of drug-likeness (QED) is 0.678. The lowest BCUT2D eigenvalue weighted by Crippen LogP contribution is -2.11. The molecule has 1 aromatic rings. The third-order valence-electron chi connectivity index (χ3n) is 1.25. The molecule has 3 N–H and O–H groups in total. The first-order valence-electron chi connectivity index (χ1n) is 2.92. The standard InChI is InChI=1S/C7H6ClN2O/c8-4-1-2-5(7(10)11)6(9)3-4/h1-3,9H,(H2,10,11). The molecular weight excluding hydrogens is 164 g/mol. The normalized spacial score (nSPS) is 9.55. The van der Waals surface area contributed by atoms with Crippen molar-refractivity contribution in [3.05, 3.63) is 28.8 Å². The number of hydrogen-bond donors (Lipinski definition) is 1. The van der Waals surface area contributed by atoms with Crippen molar-refractivity contribution in [2.24, 2.45) is 5.73 Å². The molecule has 0 saturated carbocycles. The summed E-state index contributed by atoms with van der Waals surface area (Å²) in [4.78, 5) is 10.6. The molecule has 1 amide bonds. The average Bonchev–Trinajstić information content (AvgIpc) is 1.85. The monoisotopic (exact) mass is 169 g/mol. The van der Waals surface area contributed by atoms with Gasteiger partial charge in [-0.1, -0.05) is 11.6 Å². The molecule has 11 heavy (non-hydrogen) atoms. The zero-order valence-corrected chi connectivity index (χ0v) is 6.35. The van der Waals surface area contributed by atoms with Crippen molar-refractivity contribution < 1.29 is 4.79 Å². The van der Waals surface area contributed by atoms with Gasteiger partial charge in [0.15, 0.2) is 0 Å². The predicted molar refractivity (Wildman–Crippen MR) is 42.7 cm³/mol. The second kappa shape index (κ2) is 2.80. The number of hydrogen-bond acceptors (Lipinski definition) is 1. The van der Waals surface area contributed by atoms with Gasteiger partial charge in [-0.25, -0.2) is 0 Å². The van der Waals surface area contributed by atoms with Gasteiger partial charge in [-0.15, -0.1) is 0 Å². The first-order chi connectivity index (χ1) is 5.11. The van der Waals surface area contributed by atoms with Gasteiger partial charge in [-0.2, -0.15) is 0 Å². The summed E-state index contributed by atoms with van der Waals surface area (Å²) < 4.78 is 0. The van der Waals surface area contributed by atoms with E-state index < -0.39 is 5.91 Å². The van der Waals surface area contributed by atoms with Gasteiger partial charge in [0.25, 0.3) is 5.91 Å². The molecule has 0 spiro atoms. The maximum atomic E-state index is 10.6.